The van der Waals surface area contributed by atoms with Crippen molar-refractivity contribution in [2.24, 2.45) is 5.92 Å². The van der Waals surface area contributed by atoms with E-state index in [2.05, 4.69) is 22.5 Å². The molecule has 0 aliphatic rings. The van der Waals surface area contributed by atoms with Gasteiger partial charge in [0.15, 0.2) is 0 Å². The van der Waals surface area contributed by atoms with Gasteiger partial charge in [-0.3, -0.25) is 19.6 Å². The van der Waals surface area contributed by atoms with Crippen molar-refractivity contribution in [2.45, 2.75) is 6.42 Å². The van der Waals surface area contributed by atoms with Crippen LogP contribution in [0.3, 0.4) is 0 Å². The van der Waals surface area contributed by atoms with Crippen molar-refractivity contribution in [3.63, 3.8) is 0 Å². The van der Waals surface area contributed by atoms with Gasteiger partial charge >= 0.3 is 0 Å². The fraction of sp³-hybridized carbons (Fsp3) is 0.267. The highest BCUT2D eigenvalue weighted by Gasteiger charge is 2.20. The summed E-state index contributed by atoms with van der Waals surface area (Å²) in [5.74, 6) is 2.83. The molecule has 0 saturated heterocycles. The average Bonchev–Trinajstić information content (AvgIpc) is 2.56. The van der Waals surface area contributed by atoms with E-state index in [1.54, 1.807) is 24.3 Å². The number of rotatable bonds is 5. The summed E-state index contributed by atoms with van der Waals surface area (Å²) in [6, 6.07) is 8.95. The van der Waals surface area contributed by atoms with Crippen molar-refractivity contribution in [1.82, 2.24) is 16.1 Å². The molecule has 0 aliphatic carbocycles. The Labute approximate surface area is 128 Å². The van der Waals surface area contributed by atoms with Crippen LogP contribution in [0.2, 0.25) is 0 Å². The van der Waals surface area contributed by atoms with Gasteiger partial charge < -0.3 is 10.6 Å². The van der Waals surface area contributed by atoms with Crippen molar-refractivity contribution in [2.75, 3.05) is 13.6 Å². The van der Waals surface area contributed by atoms with Crippen LogP contribution >= 0.6 is 0 Å². The minimum Gasteiger partial charge on any atom is -0.358 e. The molecule has 7 heteroatoms. The van der Waals surface area contributed by atoms with Crippen LogP contribution in [0, 0.1) is 17.8 Å². The minimum atomic E-state index is -0.975. The summed E-state index contributed by atoms with van der Waals surface area (Å²) < 4.78 is 0. The lowest BCUT2D eigenvalue weighted by Gasteiger charge is -2.10. The van der Waals surface area contributed by atoms with E-state index >= 15 is 0 Å². The zero-order valence-corrected chi connectivity index (χ0v) is 12.1. The van der Waals surface area contributed by atoms with Crippen LogP contribution in [0.1, 0.15) is 12.0 Å². The normalized spacial score (nSPS) is 10.6. The van der Waals surface area contributed by atoms with E-state index in [1.807, 2.05) is 6.07 Å². The van der Waals surface area contributed by atoms with Crippen molar-refractivity contribution in [3.05, 3.63) is 35.9 Å². The van der Waals surface area contributed by atoms with Gasteiger partial charge in [0.25, 0.3) is 0 Å². The van der Waals surface area contributed by atoms with Crippen molar-refractivity contribution in [1.29, 1.82) is 0 Å². The standard InChI is InChI=1S/C15H17N3O4/c1-16-14(20)10-17-15(21)12(9-13(19)18-22)8-7-11-5-3-2-4-6-11/h2-6,12,22H,9-10H2,1H3,(H,16,20)(H,17,21)(H,18,19). The molecule has 7 nitrogen and oxygen atoms in total. The van der Waals surface area contributed by atoms with Crippen LogP contribution in [-0.4, -0.2) is 36.5 Å². The average molecular weight is 303 g/mol. The molecule has 0 aliphatic heterocycles. The Morgan fingerprint density at radius 2 is 1.86 bits per heavy atom. The van der Waals surface area contributed by atoms with Crippen LogP contribution in [0.25, 0.3) is 0 Å². The number of hydroxylamine groups is 1. The van der Waals surface area contributed by atoms with Gasteiger partial charge in [-0.1, -0.05) is 30.0 Å². The maximum absolute atomic E-state index is 12.0. The Bertz CT molecular complexity index is 590. The number of benzene rings is 1. The summed E-state index contributed by atoms with van der Waals surface area (Å²) in [5.41, 5.74) is 2.15. The second kappa shape index (κ2) is 9.15. The van der Waals surface area contributed by atoms with Gasteiger partial charge in [-0.2, -0.15) is 0 Å². The Hall–Kier alpha value is -2.85. The van der Waals surface area contributed by atoms with E-state index in [9.17, 15) is 14.4 Å². The van der Waals surface area contributed by atoms with Crippen LogP contribution < -0.4 is 16.1 Å². The first kappa shape index (κ1) is 17.2. The number of hydrogen-bond donors (Lipinski definition) is 4. The number of likely N-dealkylation sites (N-methyl/N-ethyl adjacent to an activating group) is 1. The Morgan fingerprint density at radius 1 is 1.18 bits per heavy atom. The van der Waals surface area contributed by atoms with Gasteiger partial charge in [0.1, 0.15) is 5.92 Å². The van der Waals surface area contributed by atoms with Crippen molar-refractivity contribution < 1.29 is 19.6 Å². The Morgan fingerprint density at radius 3 is 2.45 bits per heavy atom. The maximum atomic E-state index is 12.0. The van der Waals surface area contributed by atoms with Crippen LogP contribution in [-0.2, 0) is 14.4 Å². The number of nitrogens with one attached hydrogen (secondary N) is 3. The highest BCUT2D eigenvalue weighted by molar-refractivity contribution is 5.90. The fourth-order valence-electron chi connectivity index (χ4n) is 1.51. The lowest BCUT2D eigenvalue weighted by molar-refractivity contribution is -0.133. The molecule has 1 aromatic carbocycles. The lowest BCUT2D eigenvalue weighted by atomic mass is 10.0. The van der Waals surface area contributed by atoms with Gasteiger partial charge in [-0.25, -0.2) is 5.48 Å². The minimum absolute atomic E-state index is 0.209. The van der Waals surface area contributed by atoms with Gasteiger partial charge in [0.2, 0.25) is 17.7 Å². The largest absolute Gasteiger partial charge is 0.358 e. The third-order valence-electron chi connectivity index (χ3n) is 2.70. The number of carbonyl (C=O) groups is 3. The molecule has 22 heavy (non-hydrogen) atoms. The molecular formula is C15H17N3O4. The number of amides is 3. The van der Waals surface area contributed by atoms with E-state index in [0.29, 0.717) is 5.56 Å². The van der Waals surface area contributed by atoms with Gasteiger partial charge in [0.05, 0.1) is 13.0 Å². The van der Waals surface area contributed by atoms with E-state index in [4.69, 9.17) is 5.21 Å². The molecule has 116 valence electrons. The van der Waals surface area contributed by atoms with Crippen LogP contribution in [0.5, 0.6) is 0 Å². The molecule has 0 heterocycles. The summed E-state index contributed by atoms with van der Waals surface area (Å²) >= 11 is 0. The zero-order chi connectivity index (χ0) is 16.4. The molecule has 0 fully saturated rings. The van der Waals surface area contributed by atoms with Crippen molar-refractivity contribution in [3.8, 4) is 11.8 Å². The van der Waals surface area contributed by atoms with E-state index < -0.39 is 17.7 Å². The molecule has 0 aromatic heterocycles. The first-order valence-corrected chi connectivity index (χ1v) is 6.54. The smallest absolute Gasteiger partial charge is 0.245 e. The summed E-state index contributed by atoms with van der Waals surface area (Å²) in [4.78, 5) is 34.3. The molecule has 1 rings (SSSR count). The fourth-order valence-corrected chi connectivity index (χ4v) is 1.51. The predicted molar refractivity (Wildman–Crippen MR) is 78.4 cm³/mol. The molecule has 0 saturated carbocycles. The molecule has 1 unspecified atom stereocenters. The van der Waals surface area contributed by atoms with Gasteiger partial charge in [-0.05, 0) is 12.1 Å². The van der Waals surface area contributed by atoms with E-state index in [0.717, 1.165) is 0 Å². The van der Waals surface area contributed by atoms with Gasteiger partial charge in [-0.15, -0.1) is 0 Å². The Balaban J connectivity index is 2.79. The monoisotopic (exact) mass is 303 g/mol. The van der Waals surface area contributed by atoms with Gasteiger partial charge in [0, 0.05) is 12.6 Å². The first-order valence-electron chi connectivity index (χ1n) is 6.54. The highest BCUT2D eigenvalue weighted by Crippen LogP contribution is 2.04. The molecule has 1 aromatic rings. The first-order chi connectivity index (χ1) is 10.6. The maximum Gasteiger partial charge on any atom is 0.245 e. The van der Waals surface area contributed by atoms with E-state index in [1.165, 1.54) is 12.5 Å². The number of hydrogen-bond acceptors (Lipinski definition) is 4. The molecule has 0 spiro atoms. The van der Waals surface area contributed by atoms with Crippen LogP contribution in [0.4, 0.5) is 0 Å². The van der Waals surface area contributed by atoms with Crippen molar-refractivity contribution >= 4 is 17.7 Å². The Kier molecular flexibility index (Phi) is 7.16. The molecule has 4 N–H and O–H groups in total. The quantitative estimate of drug-likeness (QED) is 0.331. The van der Waals surface area contributed by atoms with Crippen LogP contribution in [0.15, 0.2) is 30.3 Å². The molecule has 0 bridgehead atoms. The second-order valence-corrected chi connectivity index (χ2v) is 4.32. The lowest BCUT2D eigenvalue weighted by Crippen LogP contribution is -2.39. The zero-order valence-electron chi connectivity index (χ0n) is 12.1. The summed E-state index contributed by atoms with van der Waals surface area (Å²) in [7, 11) is 1.44. The third-order valence-corrected chi connectivity index (χ3v) is 2.70. The van der Waals surface area contributed by atoms with E-state index in [-0.39, 0.29) is 18.9 Å². The topological polar surface area (TPSA) is 108 Å². The second-order valence-electron chi connectivity index (χ2n) is 4.32. The number of carbonyl (C=O) groups excluding carboxylic acids is 3. The molecule has 3 amide bonds. The SMILES string of the molecule is CNC(=O)CNC(=O)C(C#Cc1ccccc1)CC(=O)NO. The summed E-state index contributed by atoms with van der Waals surface area (Å²) in [6.45, 7) is -0.209. The summed E-state index contributed by atoms with van der Waals surface area (Å²) in [6.07, 6.45) is -0.310. The molecular weight excluding hydrogens is 286 g/mol. The third kappa shape index (κ3) is 6.07. The molecule has 0 radical (unpaired) electrons. The summed E-state index contributed by atoms with van der Waals surface area (Å²) in [5, 5.41) is 13.3. The molecule has 1 atom stereocenters. The highest BCUT2D eigenvalue weighted by atomic mass is 16.5. The predicted octanol–water partition coefficient (Wildman–Crippen LogP) is -0.588.